The first-order chi connectivity index (χ1) is 10.1. The molecule has 0 saturated heterocycles. The lowest BCUT2D eigenvalue weighted by atomic mass is 10.1. The fraction of sp³-hybridized carbons (Fsp3) is 0.267. The van der Waals surface area contributed by atoms with E-state index >= 15 is 0 Å². The number of carbonyl (C=O) groups excluding carboxylic acids is 1. The highest BCUT2D eigenvalue weighted by Gasteiger charge is 2.20. The van der Waals surface area contributed by atoms with Crippen molar-refractivity contribution in [2.24, 2.45) is 0 Å². The monoisotopic (exact) mass is 350 g/mol. The van der Waals surface area contributed by atoms with E-state index in [1.807, 2.05) is 6.07 Å². The van der Waals surface area contributed by atoms with Crippen LogP contribution in [-0.4, -0.2) is 24.3 Å². The summed E-state index contributed by atoms with van der Waals surface area (Å²) in [6.07, 6.45) is 2.63. The number of benzene rings is 1. The highest BCUT2D eigenvalue weighted by Crippen LogP contribution is 2.34. The second-order valence-electron chi connectivity index (χ2n) is 4.93. The fourth-order valence-corrected chi connectivity index (χ4v) is 3.14. The topological polar surface area (TPSA) is 66.5 Å². The van der Waals surface area contributed by atoms with Crippen LogP contribution >= 0.6 is 15.9 Å². The maximum atomic E-state index is 11.8. The molecule has 0 atom stereocenters. The molecule has 1 aliphatic heterocycles. The summed E-state index contributed by atoms with van der Waals surface area (Å²) in [5.41, 5.74) is 8.95. The molecule has 3 rings (SSSR count). The van der Waals surface area contributed by atoms with Crippen LogP contribution in [0.4, 0.5) is 5.69 Å². The van der Waals surface area contributed by atoms with E-state index in [0.717, 1.165) is 22.2 Å². The SMILES string of the molecule is COC(=O)c1cc(N)cn1Cc1cc(Br)cc2c1OCC2. The van der Waals surface area contributed by atoms with Gasteiger partial charge in [-0.15, -0.1) is 0 Å². The molecular weight excluding hydrogens is 336 g/mol. The predicted octanol–water partition coefficient (Wildman–Crippen LogP) is 2.60. The van der Waals surface area contributed by atoms with Crippen molar-refractivity contribution < 1.29 is 14.3 Å². The third kappa shape index (κ3) is 2.63. The number of carbonyl (C=O) groups is 1. The van der Waals surface area contributed by atoms with Crippen LogP contribution in [0.1, 0.15) is 21.6 Å². The standard InChI is InChI=1S/C15H15BrN2O3/c1-20-15(19)13-6-12(17)8-18(13)7-10-5-11(16)4-9-2-3-21-14(9)10/h4-6,8H,2-3,7,17H2,1H3. The van der Waals surface area contributed by atoms with E-state index in [0.29, 0.717) is 24.5 Å². The maximum Gasteiger partial charge on any atom is 0.354 e. The first-order valence-electron chi connectivity index (χ1n) is 6.56. The minimum Gasteiger partial charge on any atom is -0.493 e. The van der Waals surface area contributed by atoms with Gasteiger partial charge in [0.1, 0.15) is 11.4 Å². The van der Waals surface area contributed by atoms with E-state index in [-0.39, 0.29) is 0 Å². The Labute approximate surface area is 130 Å². The predicted molar refractivity (Wildman–Crippen MR) is 82.6 cm³/mol. The third-order valence-electron chi connectivity index (χ3n) is 3.48. The van der Waals surface area contributed by atoms with E-state index in [1.54, 1.807) is 16.8 Å². The summed E-state index contributed by atoms with van der Waals surface area (Å²) >= 11 is 3.51. The number of methoxy groups -OCH3 is 1. The Bertz CT molecular complexity index is 709. The lowest BCUT2D eigenvalue weighted by Gasteiger charge is -2.12. The molecule has 0 fully saturated rings. The molecule has 1 aromatic carbocycles. The van der Waals surface area contributed by atoms with Gasteiger partial charge in [-0.3, -0.25) is 0 Å². The zero-order valence-electron chi connectivity index (χ0n) is 11.6. The largest absolute Gasteiger partial charge is 0.493 e. The summed E-state index contributed by atoms with van der Waals surface area (Å²) < 4.78 is 13.3. The van der Waals surface area contributed by atoms with Crippen LogP contribution in [0.15, 0.2) is 28.9 Å². The highest BCUT2D eigenvalue weighted by atomic mass is 79.9. The number of esters is 1. The van der Waals surface area contributed by atoms with Crippen molar-refractivity contribution in [3.63, 3.8) is 0 Å². The minimum atomic E-state index is -0.403. The van der Waals surface area contributed by atoms with Crippen LogP contribution in [0.25, 0.3) is 0 Å². The van der Waals surface area contributed by atoms with Crippen molar-refractivity contribution in [1.29, 1.82) is 0 Å². The lowest BCUT2D eigenvalue weighted by Crippen LogP contribution is -2.11. The fourth-order valence-electron chi connectivity index (χ4n) is 2.59. The van der Waals surface area contributed by atoms with Crippen molar-refractivity contribution in [3.8, 4) is 5.75 Å². The van der Waals surface area contributed by atoms with Gasteiger partial charge >= 0.3 is 5.97 Å². The number of nitrogens with zero attached hydrogens (tertiary/aromatic N) is 1. The van der Waals surface area contributed by atoms with Gasteiger partial charge in [0, 0.05) is 22.7 Å². The Morgan fingerprint density at radius 1 is 1.48 bits per heavy atom. The van der Waals surface area contributed by atoms with Crippen LogP contribution in [0.5, 0.6) is 5.75 Å². The molecule has 2 heterocycles. The average Bonchev–Trinajstić information content (AvgIpc) is 3.04. The van der Waals surface area contributed by atoms with E-state index in [2.05, 4.69) is 22.0 Å². The van der Waals surface area contributed by atoms with E-state index < -0.39 is 5.97 Å². The van der Waals surface area contributed by atoms with Gasteiger partial charge in [-0.05, 0) is 23.8 Å². The molecule has 2 N–H and O–H groups in total. The number of hydrogen-bond donors (Lipinski definition) is 1. The Hall–Kier alpha value is -1.95. The smallest absolute Gasteiger partial charge is 0.354 e. The summed E-state index contributed by atoms with van der Waals surface area (Å²) in [6, 6.07) is 5.68. The number of nitrogens with two attached hydrogens (primary N) is 1. The summed E-state index contributed by atoms with van der Waals surface area (Å²) in [4.78, 5) is 11.8. The molecule has 0 amide bonds. The van der Waals surface area contributed by atoms with Gasteiger partial charge in [-0.1, -0.05) is 15.9 Å². The summed E-state index contributed by atoms with van der Waals surface area (Å²) in [6.45, 7) is 1.19. The zero-order chi connectivity index (χ0) is 15.0. The molecule has 1 aliphatic rings. The number of ether oxygens (including phenoxy) is 2. The molecule has 0 unspecified atom stereocenters. The Morgan fingerprint density at radius 3 is 3.05 bits per heavy atom. The van der Waals surface area contributed by atoms with Crippen molar-refractivity contribution in [2.75, 3.05) is 19.5 Å². The molecule has 5 nitrogen and oxygen atoms in total. The number of aromatic nitrogens is 1. The van der Waals surface area contributed by atoms with Crippen molar-refractivity contribution in [3.05, 3.63) is 45.7 Å². The molecule has 0 aliphatic carbocycles. The van der Waals surface area contributed by atoms with Crippen LogP contribution in [0.2, 0.25) is 0 Å². The normalized spacial score (nSPS) is 12.9. The van der Waals surface area contributed by atoms with Gasteiger partial charge in [-0.25, -0.2) is 4.79 Å². The van der Waals surface area contributed by atoms with Gasteiger partial charge < -0.3 is 19.8 Å². The molecule has 110 valence electrons. The average molecular weight is 351 g/mol. The first kappa shape index (κ1) is 14.0. The molecule has 0 spiro atoms. The third-order valence-corrected chi connectivity index (χ3v) is 3.94. The van der Waals surface area contributed by atoms with E-state index in [1.165, 1.54) is 12.7 Å². The molecule has 0 saturated carbocycles. The first-order valence-corrected chi connectivity index (χ1v) is 7.36. The Balaban J connectivity index is 2.00. The van der Waals surface area contributed by atoms with Crippen molar-refractivity contribution in [1.82, 2.24) is 4.57 Å². The zero-order valence-corrected chi connectivity index (χ0v) is 13.1. The molecule has 1 aromatic heterocycles. The van der Waals surface area contributed by atoms with Crippen LogP contribution < -0.4 is 10.5 Å². The van der Waals surface area contributed by atoms with Crippen LogP contribution in [0, 0.1) is 0 Å². The minimum absolute atomic E-state index is 0.403. The van der Waals surface area contributed by atoms with Crippen LogP contribution in [-0.2, 0) is 17.7 Å². The Kier molecular flexibility index (Phi) is 3.63. The van der Waals surface area contributed by atoms with E-state index in [9.17, 15) is 4.79 Å². The summed E-state index contributed by atoms with van der Waals surface area (Å²) in [7, 11) is 1.36. The summed E-state index contributed by atoms with van der Waals surface area (Å²) in [5, 5.41) is 0. The van der Waals surface area contributed by atoms with Crippen molar-refractivity contribution in [2.45, 2.75) is 13.0 Å². The van der Waals surface area contributed by atoms with Gasteiger partial charge in [0.2, 0.25) is 0 Å². The van der Waals surface area contributed by atoms with Crippen LogP contribution in [0.3, 0.4) is 0 Å². The highest BCUT2D eigenvalue weighted by molar-refractivity contribution is 9.10. The molecule has 6 heteroatoms. The lowest BCUT2D eigenvalue weighted by molar-refractivity contribution is 0.0589. The summed E-state index contributed by atoms with van der Waals surface area (Å²) in [5.74, 6) is 0.501. The molecular formula is C15H15BrN2O3. The maximum absolute atomic E-state index is 11.8. The number of halogens is 1. The molecule has 21 heavy (non-hydrogen) atoms. The van der Waals surface area contributed by atoms with E-state index in [4.69, 9.17) is 15.2 Å². The second kappa shape index (κ2) is 5.44. The second-order valence-corrected chi connectivity index (χ2v) is 5.85. The number of rotatable bonds is 3. The number of fused-ring (bicyclic) bond motifs is 1. The van der Waals surface area contributed by atoms with Crippen molar-refractivity contribution >= 4 is 27.6 Å². The number of nitrogen functional groups attached to an aromatic ring is 1. The molecule has 2 aromatic rings. The number of anilines is 1. The number of hydrogen-bond acceptors (Lipinski definition) is 4. The van der Waals surface area contributed by atoms with Gasteiger partial charge in [0.15, 0.2) is 0 Å². The molecule has 0 radical (unpaired) electrons. The van der Waals surface area contributed by atoms with Gasteiger partial charge in [0.25, 0.3) is 0 Å². The quantitative estimate of drug-likeness (QED) is 0.864. The Morgan fingerprint density at radius 2 is 2.29 bits per heavy atom. The van der Waals surface area contributed by atoms with Gasteiger partial charge in [-0.2, -0.15) is 0 Å². The van der Waals surface area contributed by atoms with Gasteiger partial charge in [0.05, 0.1) is 25.9 Å². The molecule has 0 bridgehead atoms.